The van der Waals surface area contributed by atoms with E-state index < -0.39 is 19.0 Å². The highest BCUT2D eigenvalue weighted by atomic mass is 19.4. The van der Waals surface area contributed by atoms with Crippen LogP contribution in [0.15, 0.2) is 12.1 Å². The number of alkyl halides is 3. The Hall–Kier alpha value is -1.08. The molecule has 1 aromatic heterocycles. The monoisotopic (exact) mass is 233 g/mol. The summed E-state index contributed by atoms with van der Waals surface area (Å²) in [7, 11) is -1.92. The second-order valence-electron chi connectivity index (χ2n) is 3.40. The predicted molar refractivity (Wildman–Crippen MR) is 53.1 cm³/mol. The van der Waals surface area contributed by atoms with E-state index >= 15 is 0 Å². The van der Waals surface area contributed by atoms with E-state index in [4.69, 9.17) is 10.0 Å². The normalized spacial score (nSPS) is 11.6. The highest BCUT2D eigenvalue weighted by Gasteiger charge is 2.34. The van der Waals surface area contributed by atoms with Crippen LogP contribution in [-0.2, 0) is 12.6 Å². The third kappa shape index (κ3) is 3.21. The van der Waals surface area contributed by atoms with Gasteiger partial charge in [-0.05, 0) is 24.0 Å². The summed E-state index contributed by atoms with van der Waals surface area (Å²) < 4.78 is 37.3. The minimum atomic E-state index is -4.58. The number of pyridine rings is 1. The van der Waals surface area contributed by atoms with E-state index in [0.717, 1.165) is 0 Å². The van der Waals surface area contributed by atoms with Gasteiger partial charge in [-0.25, -0.2) is 4.98 Å². The van der Waals surface area contributed by atoms with E-state index in [9.17, 15) is 13.2 Å². The number of rotatable bonds is 3. The van der Waals surface area contributed by atoms with Crippen LogP contribution < -0.4 is 5.46 Å². The third-order valence-corrected chi connectivity index (χ3v) is 2.00. The molecule has 1 heterocycles. The minimum Gasteiger partial charge on any atom is -0.423 e. The quantitative estimate of drug-likeness (QED) is 0.756. The van der Waals surface area contributed by atoms with E-state index in [-0.39, 0.29) is 11.2 Å². The first-order chi connectivity index (χ1) is 7.34. The molecule has 0 saturated carbocycles. The van der Waals surface area contributed by atoms with Crippen molar-refractivity contribution in [3.63, 3.8) is 0 Å². The zero-order valence-corrected chi connectivity index (χ0v) is 8.62. The number of halogens is 3. The van der Waals surface area contributed by atoms with Crippen molar-refractivity contribution in [1.82, 2.24) is 4.98 Å². The van der Waals surface area contributed by atoms with Crippen LogP contribution in [0, 0.1) is 0 Å². The van der Waals surface area contributed by atoms with Gasteiger partial charge in [-0.2, -0.15) is 13.2 Å². The molecular weight excluding hydrogens is 222 g/mol. The van der Waals surface area contributed by atoms with Gasteiger partial charge in [0.05, 0.1) is 0 Å². The molecule has 0 aliphatic rings. The summed E-state index contributed by atoms with van der Waals surface area (Å²) in [4.78, 5) is 3.43. The van der Waals surface area contributed by atoms with Gasteiger partial charge < -0.3 is 10.0 Å². The molecule has 0 atom stereocenters. The molecule has 0 bridgehead atoms. The van der Waals surface area contributed by atoms with Gasteiger partial charge in [-0.3, -0.25) is 0 Å². The first-order valence-electron chi connectivity index (χ1n) is 4.78. The molecule has 0 unspecified atom stereocenters. The first-order valence-corrected chi connectivity index (χ1v) is 4.78. The largest absolute Gasteiger partial charge is 0.488 e. The number of aromatic nitrogens is 1. The summed E-state index contributed by atoms with van der Waals surface area (Å²) in [6.45, 7) is 1.80. The first kappa shape index (κ1) is 13.0. The average Bonchev–Trinajstić information content (AvgIpc) is 2.16. The Morgan fingerprint density at radius 1 is 1.31 bits per heavy atom. The van der Waals surface area contributed by atoms with Crippen LogP contribution in [-0.4, -0.2) is 22.2 Å². The average molecular weight is 233 g/mol. The zero-order chi connectivity index (χ0) is 12.3. The Balaban J connectivity index is 3.19. The lowest BCUT2D eigenvalue weighted by atomic mass is 9.80. The molecule has 0 saturated heterocycles. The van der Waals surface area contributed by atoms with Crippen molar-refractivity contribution in [2.45, 2.75) is 25.9 Å². The van der Waals surface area contributed by atoms with Gasteiger partial charge in [0.1, 0.15) is 5.69 Å². The molecule has 1 aromatic rings. The van der Waals surface area contributed by atoms with Crippen LogP contribution in [0.25, 0.3) is 0 Å². The van der Waals surface area contributed by atoms with Crippen molar-refractivity contribution in [3.05, 3.63) is 23.5 Å². The predicted octanol–water partition coefficient (Wildman–Crippen LogP) is 0.733. The maximum absolute atomic E-state index is 12.4. The van der Waals surface area contributed by atoms with Gasteiger partial charge >= 0.3 is 13.3 Å². The van der Waals surface area contributed by atoms with E-state index in [1.807, 2.05) is 0 Å². The van der Waals surface area contributed by atoms with Crippen LogP contribution in [0.1, 0.15) is 24.7 Å². The SMILES string of the molecule is CCCc1cc(B(O)O)cc(C(F)(F)F)n1. The smallest absolute Gasteiger partial charge is 0.423 e. The van der Waals surface area contributed by atoms with Crippen LogP contribution in [0.2, 0.25) is 0 Å². The highest BCUT2D eigenvalue weighted by Crippen LogP contribution is 2.27. The maximum atomic E-state index is 12.4. The molecule has 2 N–H and O–H groups in total. The molecular formula is C9H11BF3NO2. The fourth-order valence-corrected chi connectivity index (χ4v) is 1.29. The van der Waals surface area contributed by atoms with Crippen molar-refractivity contribution in [1.29, 1.82) is 0 Å². The van der Waals surface area contributed by atoms with Crippen LogP contribution in [0.3, 0.4) is 0 Å². The van der Waals surface area contributed by atoms with E-state index in [1.54, 1.807) is 6.92 Å². The third-order valence-electron chi connectivity index (χ3n) is 2.00. The molecule has 0 aromatic carbocycles. The Labute approximate surface area is 91.1 Å². The van der Waals surface area contributed by atoms with Crippen molar-refractivity contribution in [3.8, 4) is 0 Å². The van der Waals surface area contributed by atoms with Crippen molar-refractivity contribution < 1.29 is 23.2 Å². The van der Waals surface area contributed by atoms with E-state index in [1.165, 1.54) is 6.07 Å². The van der Waals surface area contributed by atoms with Crippen LogP contribution in [0.4, 0.5) is 13.2 Å². The van der Waals surface area contributed by atoms with Crippen molar-refractivity contribution >= 4 is 12.6 Å². The molecule has 0 fully saturated rings. The molecule has 0 aliphatic carbocycles. The molecule has 0 amide bonds. The molecule has 7 heteroatoms. The lowest BCUT2D eigenvalue weighted by molar-refractivity contribution is -0.141. The fraction of sp³-hybridized carbons (Fsp3) is 0.444. The molecule has 0 aliphatic heterocycles. The molecule has 3 nitrogen and oxygen atoms in total. The molecule has 88 valence electrons. The zero-order valence-electron chi connectivity index (χ0n) is 8.62. The van der Waals surface area contributed by atoms with Gasteiger partial charge in [0.15, 0.2) is 0 Å². The van der Waals surface area contributed by atoms with Gasteiger partial charge in [-0.15, -0.1) is 0 Å². The van der Waals surface area contributed by atoms with Crippen LogP contribution >= 0.6 is 0 Å². The van der Waals surface area contributed by atoms with E-state index in [0.29, 0.717) is 18.9 Å². The van der Waals surface area contributed by atoms with Gasteiger partial charge in [-0.1, -0.05) is 13.3 Å². The summed E-state index contributed by atoms with van der Waals surface area (Å²) in [6.07, 6.45) is -3.58. The topological polar surface area (TPSA) is 53.4 Å². The van der Waals surface area contributed by atoms with Gasteiger partial charge in [0, 0.05) is 5.69 Å². The molecule has 16 heavy (non-hydrogen) atoms. The standard InChI is InChI=1S/C9H11BF3NO2/c1-2-3-7-4-6(10(15)16)5-8(14-7)9(11,12)13/h4-5,15-16H,2-3H2,1H3. The second kappa shape index (κ2) is 4.84. The highest BCUT2D eigenvalue weighted by molar-refractivity contribution is 6.58. The Bertz CT molecular complexity index is 368. The van der Waals surface area contributed by atoms with Crippen molar-refractivity contribution in [2.24, 2.45) is 0 Å². The number of aryl methyl sites for hydroxylation is 1. The maximum Gasteiger partial charge on any atom is 0.488 e. The summed E-state index contributed by atoms with van der Waals surface area (Å²) in [5.74, 6) is 0. The summed E-state index contributed by atoms with van der Waals surface area (Å²) in [5, 5.41) is 17.7. The van der Waals surface area contributed by atoms with E-state index in [2.05, 4.69) is 4.98 Å². The fourth-order valence-electron chi connectivity index (χ4n) is 1.29. The lowest BCUT2D eigenvalue weighted by Gasteiger charge is -2.10. The van der Waals surface area contributed by atoms with Gasteiger partial charge in [0.2, 0.25) is 0 Å². The van der Waals surface area contributed by atoms with Gasteiger partial charge in [0.25, 0.3) is 0 Å². The Morgan fingerprint density at radius 3 is 2.38 bits per heavy atom. The second-order valence-corrected chi connectivity index (χ2v) is 3.40. The number of hydrogen-bond acceptors (Lipinski definition) is 3. The number of nitrogens with zero attached hydrogens (tertiary/aromatic N) is 1. The Kier molecular flexibility index (Phi) is 3.93. The summed E-state index contributed by atoms with van der Waals surface area (Å²) in [5.41, 5.74) is -1.08. The summed E-state index contributed by atoms with van der Waals surface area (Å²) >= 11 is 0. The number of hydrogen-bond donors (Lipinski definition) is 2. The Morgan fingerprint density at radius 2 is 1.94 bits per heavy atom. The summed E-state index contributed by atoms with van der Waals surface area (Å²) in [6, 6.07) is 1.91. The molecule has 0 radical (unpaired) electrons. The van der Waals surface area contributed by atoms with Crippen LogP contribution in [0.5, 0.6) is 0 Å². The molecule has 0 spiro atoms. The van der Waals surface area contributed by atoms with Crippen molar-refractivity contribution in [2.75, 3.05) is 0 Å². The molecule has 1 rings (SSSR count). The minimum absolute atomic E-state index is 0.189. The lowest BCUT2D eigenvalue weighted by Crippen LogP contribution is -2.32.